The molecule has 1 aliphatic heterocycles. The standard InChI is InChI=1S/C17H22ClNO3/c1-22-13-7-6-12(14(18)9-13)10-19-15-5-3-2-4-11(15)8-16(19)17(20)21/h6-7,9,11,15-16H,2-5,8,10H2,1H3,(H,20,21). The number of aliphatic carboxylic acids is 1. The Bertz CT molecular complexity index is 563. The maximum absolute atomic E-state index is 11.6. The Kier molecular flexibility index (Phi) is 4.59. The molecule has 2 fully saturated rings. The molecule has 3 atom stereocenters. The normalized spacial score (nSPS) is 28.4. The molecule has 0 aromatic heterocycles. The van der Waals surface area contributed by atoms with Crippen molar-refractivity contribution in [3.63, 3.8) is 0 Å². The Morgan fingerprint density at radius 3 is 2.86 bits per heavy atom. The van der Waals surface area contributed by atoms with Crippen molar-refractivity contribution in [2.75, 3.05) is 7.11 Å². The highest BCUT2D eigenvalue weighted by molar-refractivity contribution is 6.31. The van der Waals surface area contributed by atoms with Gasteiger partial charge in [-0.05, 0) is 42.9 Å². The minimum absolute atomic E-state index is 0.382. The molecular weight excluding hydrogens is 302 g/mol. The topological polar surface area (TPSA) is 49.8 Å². The molecular formula is C17H22ClNO3. The van der Waals surface area contributed by atoms with Crippen LogP contribution in [0.3, 0.4) is 0 Å². The van der Waals surface area contributed by atoms with E-state index in [9.17, 15) is 9.90 Å². The maximum Gasteiger partial charge on any atom is 0.320 e. The highest BCUT2D eigenvalue weighted by atomic mass is 35.5. The zero-order valence-electron chi connectivity index (χ0n) is 12.8. The predicted molar refractivity (Wildman–Crippen MR) is 85.3 cm³/mol. The van der Waals surface area contributed by atoms with Crippen molar-refractivity contribution < 1.29 is 14.6 Å². The zero-order chi connectivity index (χ0) is 15.7. The molecule has 4 nitrogen and oxygen atoms in total. The number of rotatable bonds is 4. The quantitative estimate of drug-likeness (QED) is 0.920. The lowest BCUT2D eigenvalue weighted by Gasteiger charge is -2.33. The van der Waals surface area contributed by atoms with E-state index in [4.69, 9.17) is 16.3 Å². The molecule has 1 aromatic carbocycles. The van der Waals surface area contributed by atoms with Gasteiger partial charge in [0.25, 0.3) is 0 Å². The third-order valence-electron chi connectivity index (χ3n) is 5.12. The van der Waals surface area contributed by atoms with Gasteiger partial charge in [-0.1, -0.05) is 30.5 Å². The van der Waals surface area contributed by atoms with Gasteiger partial charge in [0.05, 0.1) is 7.11 Å². The van der Waals surface area contributed by atoms with E-state index in [1.165, 1.54) is 12.8 Å². The Balaban J connectivity index is 1.83. The van der Waals surface area contributed by atoms with Gasteiger partial charge in [0.15, 0.2) is 0 Å². The summed E-state index contributed by atoms with van der Waals surface area (Å²) in [5.74, 6) is 0.534. The van der Waals surface area contributed by atoms with Crippen molar-refractivity contribution in [3.8, 4) is 5.75 Å². The van der Waals surface area contributed by atoms with Crippen molar-refractivity contribution in [1.29, 1.82) is 0 Å². The number of hydrogen-bond donors (Lipinski definition) is 1. The number of halogens is 1. The zero-order valence-corrected chi connectivity index (χ0v) is 13.6. The Hall–Kier alpha value is -1.26. The van der Waals surface area contributed by atoms with E-state index in [2.05, 4.69) is 4.90 Å². The van der Waals surface area contributed by atoms with Crippen LogP contribution in [0.25, 0.3) is 0 Å². The Labute approximate surface area is 136 Å². The molecule has 22 heavy (non-hydrogen) atoms. The van der Waals surface area contributed by atoms with Crippen molar-refractivity contribution in [2.24, 2.45) is 5.92 Å². The molecule has 1 saturated heterocycles. The van der Waals surface area contributed by atoms with Crippen LogP contribution in [0, 0.1) is 5.92 Å². The summed E-state index contributed by atoms with van der Waals surface area (Å²) in [7, 11) is 1.61. The second-order valence-electron chi connectivity index (χ2n) is 6.33. The average Bonchev–Trinajstić information content (AvgIpc) is 2.88. The van der Waals surface area contributed by atoms with Gasteiger partial charge < -0.3 is 9.84 Å². The van der Waals surface area contributed by atoms with Gasteiger partial charge in [-0.25, -0.2) is 0 Å². The van der Waals surface area contributed by atoms with E-state index in [1.807, 2.05) is 12.1 Å². The van der Waals surface area contributed by atoms with Crippen molar-refractivity contribution in [1.82, 2.24) is 4.90 Å². The third-order valence-corrected chi connectivity index (χ3v) is 5.47. The molecule has 3 rings (SSSR count). The molecule has 1 saturated carbocycles. The van der Waals surface area contributed by atoms with Crippen LogP contribution in [0.5, 0.6) is 5.75 Å². The number of nitrogens with zero attached hydrogens (tertiary/aromatic N) is 1. The predicted octanol–water partition coefficient (Wildman–Crippen LogP) is 3.57. The smallest absolute Gasteiger partial charge is 0.320 e. The van der Waals surface area contributed by atoms with Crippen LogP contribution in [-0.4, -0.2) is 35.2 Å². The number of benzene rings is 1. The average molecular weight is 324 g/mol. The van der Waals surface area contributed by atoms with Gasteiger partial charge in [0, 0.05) is 17.6 Å². The summed E-state index contributed by atoms with van der Waals surface area (Å²) in [5.41, 5.74) is 0.972. The van der Waals surface area contributed by atoms with Gasteiger partial charge >= 0.3 is 5.97 Å². The van der Waals surface area contributed by atoms with Crippen molar-refractivity contribution in [3.05, 3.63) is 28.8 Å². The van der Waals surface area contributed by atoms with E-state index in [1.54, 1.807) is 13.2 Å². The highest BCUT2D eigenvalue weighted by Crippen LogP contribution is 2.41. The molecule has 120 valence electrons. The second-order valence-corrected chi connectivity index (χ2v) is 6.74. The molecule has 1 aromatic rings. The summed E-state index contributed by atoms with van der Waals surface area (Å²) in [4.78, 5) is 13.8. The van der Waals surface area contributed by atoms with Gasteiger partial charge in [-0.15, -0.1) is 0 Å². The molecule has 0 spiro atoms. The summed E-state index contributed by atoms with van der Waals surface area (Å²) in [6.07, 6.45) is 5.45. The van der Waals surface area contributed by atoms with Gasteiger partial charge in [0.1, 0.15) is 11.8 Å². The van der Waals surface area contributed by atoms with Crippen LogP contribution in [0.4, 0.5) is 0 Å². The van der Waals surface area contributed by atoms with E-state index in [0.29, 0.717) is 23.5 Å². The maximum atomic E-state index is 11.6. The first kappa shape index (κ1) is 15.6. The van der Waals surface area contributed by atoms with Crippen LogP contribution in [-0.2, 0) is 11.3 Å². The summed E-state index contributed by atoms with van der Waals surface area (Å²) in [6.45, 7) is 0.598. The van der Waals surface area contributed by atoms with E-state index in [-0.39, 0.29) is 6.04 Å². The first-order valence-electron chi connectivity index (χ1n) is 7.91. The summed E-state index contributed by atoms with van der Waals surface area (Å²) < 4.78 is 5.17. The largest absolute Gasteiger partial charge is 0.497 e. The van der Waals surface area contributed by atoms with Gasteiger partial charge in [-0.3, -0.25) is 9.69 Å². The van der Waals surface area contributed by atoms with Crippen LogP contribution < -0.4 is 4.74 Å². The number of methoxy groups -OCH3 is 1. The number of carboxylic acids is 1. The lowest BCUT2D eigenvalue weighted by atomic mass is 9.84. The molecule has 1 aliphatic carbocycles. The first-order valence-corrected chi connectivity index (χ1v) is 8.29. The second kappa shape index (κ2) is 6.47. The number of carboxylic acid groups (broad SMARTS) is 1. The van der Waals surface area contributed by atoms with Crippen molar-refractivity contribution >= 4 is 17.6 Å². The number of carbonyl (C=O) groups is 1. The lowest BCUT2D eigenvalue weighted by Crippen LogP contribution is -2.41. The number of hydrogen-bond acceptors (Lipinski definition) is 3. The van der Waals surface area contributed by atoms with Crippen LogP contribution in [0.15, 0.2) is 18.2 Å². The molecule has 3 unspecified atom stereocenters. The highest BCUT2D eigenvalue weighted by Gasteiger charge is 2.45. The van der Waals surface area contributed by atoms with Crippen molar-refractivity contribution in [2.45, 2.75) is 50.7 Å². The minimum Gasteiger partial charge on any atom is -0.497 e. The number of likely N-dealkylation sites (tertiary alicyclic amines) is 1. The third kappa shape index (κ3) is 2.95. The fourth-order valence-electron chi connectivity index (χ4n) is 4.00. The van der Waals surface area contributed by atoms with Crippen LogP contribution in [0.1, 0.15) is 37.7 Å². The van der Waals surface area contributed by atoms with Crippen LogP contribution in [0.2, 0.25) is 5.02 Å². The van der Waals surface area contributed by atoms with E-state index >= 15 is 0 Å². The molecule has 0 radical (unpaired) electrons. The fraction of sp³-hybridized carbons (Fsp3) is 0.588. The monoisotopic (exact) mass is 323 g/mol. The molecule has 0 amide bonds. The van der Waals surface area contributed by atoms with Gasteiger partial charge in [0.2, 0.25) is 0 Å². The Morgan fingerprint density at radius 1 is 1.41 bits per heavy atom. The SMILES string of the molecule is COc1ccc(CN2C(C(=O)O)CC3CCCCC32)c(Cl)c1. The summed E-state index contributed by atoms with van der Waals surface area (Å²) in [6, 6.07) is 5.61. The number of fused-ring (bicyclic) bond motifs is 1. The van der Waals surface area contributed by atoms with Gasteiger partial charge in [-0.2, -0.15) is 0 Å². The molecule has 5 heteroatoms. The molecule has 1 heterocycles. The first-order chi connectivity index (χ1) is 10.6. The molecule has 1 N–H and O–H groups in total. The summed E-state index contributed by atoms with van der Waals surface area (Å²) in [5, 5.41) is 10.2. The summed E-state index contributed by atoms with van der Waals surface area (Å²) >= 11 is 6.33. The molecule has 0 bridgehead atoms. The van der Waals surface area contributed by atoms with Crippen LogP contribution >= 0.6 is 11.6 Å². The lowest BCUT2D eigenvalue weighted by molar-refractivity contribution is -0.142. The Morgan fingerprint density at radius 2 is 2.18 bits per heavy atom. The van der Waals surface area contributed by atoms with E-state index in [0.717, 1.165) is 30.6 Å². The minimum atomic E-state index is -0.709. The fourth-order valence-corrected chi connectivity index (χ4v) is 4.23. The number of ether oxygens (including phenoxy) is 1. The van der Waals surface area contributed by atoms with E-state index < -0.39 is 5.97 Å². The molecule has 2 aliphatic rings.